The summed E-state index contributed by atoms with van der Waals surface area (Å²) >= 11 is 0. The van der Waals surface area contributed by atoms with E-state index in [-0.39, 0.29) is 12.0 Å². The quantitative estimate of drug-likeness (QED) is 0.680. The molecule has 3 unspecified atom stereocenters. The summed E-state index contributed by atoms with van der Waals surface area (Å²) in [5.74, 6) is 0.199. The maximum atomic E-state index is 9.11. The first-order chi connectivity index (χ1) is 7.24. The van der Waals surface area contributed by atoms with Crippen molar-refractivity contribution in [2.75, 3.05) is 6.54 Å². The van der Waals surface area contributed by atoms with E-state index < -0.39 is 0 Å². The van der Waals surface area contributed by atoms with Crippen LogP contribution < -0.4 is 5.32 Å². The molecule has 0 aromatic carbocycles. The van der Waals surface area contributed by atoms with Gasteiger partial charge in [-0.05, 0) is 39.2 Å². The molecule has 0 spiro atoms. The van der Waals surface area contributed by atoms with Gasteiger partial charge in [0, 0.05) is 6.04 Å². The molecule has 0 heterocycles. The first-order valence-electron chi connectivity index (χ1n) is 6.05. The number of rotatable bonds is 5. The zero-order valence-corrected chi connectivity index (χ0v) is 9.58. The summed E-state index contributed by atoms with van der Waals surface area (Å²) in [4.78, 5) is 0. The van der Waals surface area contributed by atoms with Crippen LogP contribution in [0.2, 0.25) is 0 Å². The minimum atomic E-state index is -0.204. The van der Waals surface area contributed by atoms with E-state index in [1.165, 1.54) is 12.8 Å². The van der Waals surface area contributed by atoms with E-state index in [0.717, 1.165) is 32.2 Å². The van der Waals surface area contributed by atoms with E-state index in [2.05, 4.69) is 11.4 Å². The van der Waals surface area contributed by atoms with Gasteiger partial charge in [0.05, 0.1) is 18.1 Å². The molecular formula is C12H22N2O. The van der Waals surface area contributed by atoms with E-state index in [1.54, 1.807) is 0 Å². The van der Waals surface area contributed by atoms with Gasteiger partial charge >= 0.3 is 0 Å². The lowest BCUT2D eigenvalue weighted by Crippen LogP contribution is -2.38. The third kappa shape index (κ3) is 4.63. The normalized spacial score (nSPS) is 28.3. The maximum absolute atomic E-state index is 9.11. The molecule has 2 N–H and O–H groups in total. The van der Waals surface area contributed by atoms with Crippen LogP contribution in [0, 0.1) is 17.2 Å². The minimum Gasteiger partial charge on any atom is -0.393 e. The number of aliphatic hydroxyl groups is 1. The Hall–Kier alpha value is -0.590. The molecule has 1 saturated carbocycles. The van der Waals surface area contributed by atoms with Crippen LogP contribution in [0.3, 0.4) is 0 Å². The Morgan fingerprint density at radius 2 is 2.20 bits per heavy atom. The molecule has 15 heavy (non-hydrogen) atoms. The summed E-state index contributed by atoms with van der Waals surface area (Å²) in [5.41, 5.74) is 0. The van der Waals surface area contributed by atoms with Gasteiger partial charge in [0.25, 0.3) is 0 Å². The molecule has 1 fully saturated rings. The average Bonchev–Trinajstić information content (AvgIpc) is 2.24. The van der Waals surface area contributed by atoms with Gasteiger partial charge in [-0.15, -0.1) is 0 Å². The first kappa shape index (κ1) is 12.5. The second-order valence-electron chi connectivity index (χ2n) is 4.57. The van der Waals surface area contributed by atoms with Crippen LogP contribution in [0.1, 0.15) is 45.4 Å². The zero-order chi connectivity index (χ0) is 11.1. The Morgan fingerprint density at radius 3 is 2.87 bits per heavy atom. The number of nitriles is 1. The van der Waals surface area contributed by atoms with Crippen LogP contribution >= 0.6 is 0 Å². The predicted molar refractivity (Wildman–Crippen MR) is 60.3 cm³/mol. The van der Waals surface area contributed by atoms with Gasteiger partial charge in [-0.2, -0.15) is 5.26 Å². The molecule has 1 aliphatic carbocycles. The molecule has 86 valence electrons. The van der Waals surface area contributed by atoms with Gasteiger partial charge in [0.2, 0.25) is 0 Å². The van der Waals surface area contributed by atoms with Crippen LogP contribution in [-0.2, 0) is 0 Å². The Labute approximate surface area is 92.5 Å². The molecule has 1 aliphatic rings. The summed E-state index contributed by atoms with van der Waals surface area (Å²) in [6.07, 6.45) is 6.25. The monoisotopic (exact) mass is 210 g/mol. The lowest BCUT2D eigenvalue weighted by atomic mass is 9.85. The van der Waals surface area contributed by atoms with Crippen LogP contribution in [-0.4, -0.2) is 23.8 Å². The lowest BCUT2D eigenvalue weighted by molar-refractivity contribution is 0.179. The van der Waals surface area contributed by atoms with Crippen molar-refractivity contribution in [3.63, 3.8) is 0 Å². The highest BCUT2D eigenvalue weighted by atomic mass is 16.3. The molecule has 0 aromatic heterocycles. The standard InChI is InChI=1S/C12H22N2O/c1-10(15)5-4-8-14-12-7-3-2-6-11(12)9-13/h10-12,14-15H,2-8H2,1H3. The summed E-state index contributed by atoms with van der Waals surface area (Å²) in [7, 11) is 0. The van der Waals surface area contributed by atoms with Gasteiger partial charge in [-0.3, -0.25) is 0 Å². The maximum Gasteiger partial charge on any atom is 0.0672 e. The highest BCUT2D eigenvalue weighted by Gasteiger charge is 2.23. The van der Waals surface area contributed by atoms with Gasteiger partial charge in [-0.25, -0.2) is 0 Å². The molecule has 0 amide bonds. The topological polar surface area (TPSA) is 56.0 Å². The molecule has 3 atom stereocenters. The number of hydrogen-bond acceptors (Lipinski definition) is 3. The smallest absolute Gasteiger partial charge is 0.0672 e. The van der Waals surface area contributed by atoms with Crippen molar-refractivity contribution in [1.29, 1.82) is 5.26 Å². The molecular weight excluding hydrogens is 188 g/mol. The highest BCUT2D eigenvalue weighted by molar-refractivity contribution is 4.94. The summed E-state index contributed by atoms with van der Waals surface area (Å²) in [5, 5.41) is 21.5. The van der Waals surface area contributed by atoms with Crippen LogP contribution in [0.15, 0.2) is 0 Å². The van der Waals surface area contributed by atoms with E-state index >= 15 is 0 Å². The fourth-order valence-corrected chi connectivity index (χ4v) is 2.21. The summed E-state index contributed by atoms with van der Waals surface area (Å²) < 4.78 is 0. The van der Waals surface area contributed by atoms with E-state index in [9.17, 15) is 0 Å². The predicted octanol–water partition coefficient (Wildman–Crippen LogP) is 1.82. The average molecular weight is 210 g/mol. The van der Waals surface area contributed by atoms with E-state index in [1.807, 2.05) is 6.92 Å². The zero-order valence-electron chi connectivity index (χ0n) is 9.58. The highest BCUT2D eigenvalue weighted by Crippen LogP contribution is 2.23. The SMILES string of the molecule is CC(O)CCCNC1CCCCC1C#N. The second kappa shape index (κ2) is 6.81. The van der Waals surface area contributed by atoms with Crippen molar-refractivity contribution in [2.45, 2.75) is 57.6 Å². The van der Waals surface area contributed by atoms with Crippen molar-refractivity contribution < 1.29 is 5.11 Å². The summed E-state index contributed by atoms with van der Waals surface area (Å²) in [6.45, 7) is 2.74. The molecule has 3 nitrogen and oxygen atoms in total. The van der Waals surface area contributed by atoms with Crippen molar-refractivity contribution in [2.24, 2.45) is 5.92 Å². The third-order valence-electron chi connectivity index (χ3n) is 3.14. The van der Waals surface area contributed by atoms with E-state index in [0.29, 0.717) is 6.04 Å². The third-order valence-corrected chi connectivity index (χ3v) is 3.14. The Morgan fingerprint density at radius 1 is 1.47 bits per heavy atom. The van der Waals surface area contributed by atoms with Gasteiger partial charge in [0.1, 0.15) is 0 Å². The van der Waals surface area contributed by atoms with Gasteiger partial charge in [0.15, 0.2) is 0 Å². The first-order valence-corrected chi connectivity index (χ1v) is 6.05. The Kier molecular flexibility index (Phi) is 5.67. The molecule has 0 bridgehead atoms. The largest absolute Gasteiger partial charge is 0.393 e. The number of hydrogen-bond donors (Lipinski definition) is 2. The second-order valence-corrected chi connectivity index (χ2v) is 4.57. The Bertz CT molecular complexity index is 210. The van der Waals surface area contributed by atoms with Crippen molar-refractivity contribution >= 4 is 0 Å². The lowest BCUT2D eigenvalue weighted by Gasteiger charge is -2.27. The molecule has 0 radical (unpaired) electrons. The van der Waals surface area contributed by atoms with Crippen LogP contribution in [0.4, 0.5) is 0 Å². The number of nitrogens with zero attached hydrogens (tertiary/aromatic N) is 1. The fourth-order valence-electron chi connectivity index (χ4n) is 2.21. The van der Waals surface area contributed by atoms with Crippen molar-refractivity contribution in [1.82, 2.24) is 5.32 Å². The molecule has 3 heteroatoms. The van der Waals surface area contributed by atoms with Crippen molar-refractivity contribution in [3.8, 4) is 6.07 Å². The van der Waals surface area contributed by atoms with Crippen molar-refractivity contribution in [3.05, 3.63) is 0 Å². The summed E-state index contributed by atoms with van der Waals surface area (Å²) in [6, 6.07) is 2.78. The number of aliphatic hydroxyl groups excluding tert-OH is 1. The van der Waals surface area contributed by atoms with Crippen LogP contribution in [0.25, 0.3) is 0 Å². The minimum absolute atomic E-state index is 0.199. The number of nitrogens with one attached hydrogen (secondary N) is 1. The Balaban J connectivity index is 2.16. The van der Waals surface area contributed by atoms with Gasteiger partial charge < -0.3 is 10.4 Å². The van der Waals surface area contributed by atoms with Crippen LogP contribution in [0.5, 0.6) is 0 Å². The fraction of sp³-hybridized carbons (Fsp3) is 0.917. The molecule has 1 rings (SSSR count). The molecule has 0 aliphatic heterocycles. The molecule has 0 saturated heterocycles. The van der Waals surface area contributed by atoms with Gasteiger partial charge in [-0.1, -0.05) is 12.8 Å². The van der Waals surface area contributed by atoms with E-state index in [4.69, 9.17) is 10.4 Å². The molecule has 0 aromatic rings.